The van der Waals surface area contributed by atoms with Gasteiger partial charge in [-0.3, -0.25) is 0 Å². The van der Waals surface area contributed by atoms with Crippen LogP contribution in [0.25, 0.3) is 0 Å². The molecule has 1 saturated carbocycles. The minimum Gasteiger partial charge on any atom is -0.455 e. The summed E-state index contributed by atoms with van der Waals surface area (Å²) in [6.45, 7) is 3.54. The van der Waals surface area contributed by atoms with Crippen molar-refractivity contribution in [1.29, 1.82) is 0 Å². The Kier molecular flexibility index (Phi) is 4.99. The lowest BCUT2D eigenvalue weighted by molar-refractivity contribution is -0.166. The first-order valence-corrected chi connectivity index (χ1v) is 7.33. The van der Waals surface area contributed by atoms with E-state index < -0.39 is 0 Å². The van der Waals surface area contributed by atoms with Gasteiger partial charge < -0.3 is 9.47 Å². The van der Waals surface area contributed by atoms with E-state index in [2.05, 4.69) is 0 Å². The Balaban J connectivity index is 2.20. The molecular weight excluding hydrogens is 256 g/mol. The monoisotopic (exact) mass is 278 g/mol. The average molecular weight is 278 g/mol. The van der Waals surface area contributed by atoms with Crippen molar-refractivity contribution in [1.82, 2.24) is 0 Å². The predicted octanol–water partition coefficient (Wildman–Crippen LogP) is 3.07. The maximum absolute atomic E-state index is 12.0. The number of rotatable bonds is 0. The largest absolute Gasteiger partial charge is 0.455 e. The number of esters is 2. The molecule has 0 aromatic rings. The van der Waals surface area contributed by atoms with Crippen molar-refractivity contribution >= 4 is 11.9 Å². The van der Waals surface area contributed by atoms with Crippen molar-refractivity contribution in [2.45, 2.75) is 64.6 Å². The third-order valence-electron chi connectivity index (χ3n) is 3.87. The zero-order valence-corrected chi connectivity index (χ0v) is 12.2. The number of fused-ring (bicyclic) bond motifs is 1. The SMILES string of the molecule is C/C1=C\CC/C=C(\C)C(=O)OC2CCCCC2OC1=O. The summed E-state index contributed by atoms with van der Waals surface area (Å²) in [4.78, 5) is 24.0. The molecule has 0 N–H and O–H groups in total. The average Bonchev–Trinajstić information content (AvgIpc) is 2.44. The number of carbonyl (C=O) groups excluding carboxylic acids is 2. The van der Waals surface area contributed by atoms with Crippen molar-refractivity contribution in [2.24, 2.45) is 0 Å². The van der Waals surface area contributed by atoms with Crippen molar-refractivity contribution < 1.29 is 19.1 Å². The first-order valence-electron chi connectivity index (χ1n) is 7.33. The zero-order valence-electron chi connectivity index (χ0n) is 12.2. The van der Waals surface area contributed by atoms with Gasteiger partial charge in [0.1, 0.15) is 12.2 Å². The van der Waals surface area contributed by atoms with Crippen LogP contribution in [0.4, 0.5) is 0 Å². The zero-order chi connectivity index (χ0) is 14.5. The van der Waals surface area contributed by atoms with Crippen molar-refractivity contribution in [3.05, 3.63) is 23.3 Å². The second kappa shape index (κ2) is 6.73. The maximum Gasteiger partial charge on any atom is 0.333 e. The Hall–Kier alpha value is -1.58. The quantitative estimate of drug-likeness (QED) is 0.639. The van der Waals surface area contributed by atoms with Crippen LogP contribution >= 0.6 is 0 Å². The molecule has 0 saturated heterocycles. The molecule has 0 bridgehead atoms. The third kappa shape index (κ3) is 3.71. The molecule has 0 amide bonds. The normalized spacial score (nSPS) is 34.1. The molecule has 1 heterocycles. The van der Waals surface area contributed by atoms with Crippen molar-refractivity contribution in [2.75, 3.05) is 0 Å². The lowest BCUT2D eigenvalue weighted by Crippen LogP contribution is -2.38. The van der Waals surface area contributed by atoms with Gasteiger partial charge in [-0.2, -0.15) is 0 Å². The van der Waals surface area contributed by atoms with Crippen molar-refractivity contribution in [3.8, 4) is 0 Å². The van der Waals surface area contributed by atoms with Gasteiger partial charge in [0.2, 0.25) is 0 Å². The first kappa shape index (κ1) is 14.8. The van der Waals surface area contributed by atoms with Crippen LogP contribution in [0.2, 0.25) is 0 Å². The summed E-state index contributed by atoms with van der Waals surface area (Å²) in [5.41, 5.74) is 1.26. The van der Waals surface area contributed by atoms with Gasteiger partial charge in [-0.25, -0.2) is 9.59 Å². The number of ether oxygens (including phenoxy) is 2. The molecule has 110 valence electrons. The summed E-state index contributed by atoms with van der Waals surface area (Å²) in [6.07, 6.45) is 8.10. The Bertz CT molecular complexity index is 405. The molecule has 0 radical (unpaired) electrons. The molecule has 2 aliphatic rings. The Labute approximate surface area is 119 Å². The third-order valence-corrected chi connectivity index (χ3v) is 3.87. The van der Waals surface area contributed by atoms with Gasteiger partial charge in [-0.15, -0.1) is 0 Å². The fourth-order valence-corrected chi connectivity index (χ4v) is 2.56. The Morgan fingerprint density at radius 3 is 1.65 bits per heavy atom. The summed E-state index contributed by atoms with van der Waals surface area (Å²) in [5, 5.41) is 0. The number of allylic oxidation sites excluding steroid dienone is 2. The van der Waals surface area contributed by atoms with Crippen LogP contribution in [-0.4, -0.2) is 24.1 Å². The van der Waals surface area contributed by atoms with E-state index in [-0.39, 0.29) is 24.1 Å². The minimum absolute atomic E-state index is 0.292. The molecule has 0 aromatic heterocycles. The van der Waals surface area contributed by atoms with Gasteiger partial charge in [-0.1, -0.05) is 12.2 Å². The van der Waals surface area contributed by atoms with Gasteiger partial charge in [0, 0.05) is 11.1 Å². The second-order valence-electron chi connectivity index (χ2n) is 5.52. The molecule has 1 aliphatic heterocycles. The molecule has 0 spiro atoms. The van der Waals surface area contributed by atoms with E-state index in [0.717, 1.165) is 38.5 Å². The van der Waals surface area contributed by atoms with E-state index in [1.54, 1.807) is 13.8 Å². The summed E-state index contributed by atoms with van der Waals surface area (Å²) in [5.74, 6) is -0.585. The lowest BCUT2D eigenvalue weighted by atomic mass is 9.94. The van der Waals surface area contributed by atoms with E-state index in [4.69, 9.17) is 9.47 Å². The van der Waals surface area contributed by atoms with Crippen LogP contribution in [0.15, 0.2) is 23.3 Å². The van der Waals surface area contributed by atoms with Crippen LogP contribution < -0.4 is 0 Å². The van der Waals surface area contributed by atoms with E-state index in [9.17, 15) is 9.59 Å². The Morgan fingerprint density at radius 2 is 1.25 bits per heavy atom. The lowest BCUT2D eigenvalue weighted by Gasteiger charge is -2.31. The molecule has 4 nitrogen and oxygen atoms in total. The van der Waals surface area contributed by atoms with Gasteiger partial charge in [0.25, 0.3) is 0 Å². The highest BCUT2D eigenvalue weighted by molar-refractivity contribution is 5.89. The molecule has 2 rings (SSSR count). The van der Waals surface area contributed by atoms with Crippen LogP contribution in [0.3, 0.4) is 0 Å². The van der Waals surface area contributed by atoms with Gasteiger partial charge in [-0.05, 0) is 52.4 Å². The number of hydrogen-bond donors (Lipinski definition) is 0. The second-order valence-corrected chi connectivity index (χ2v) is 5.52. The highest BCUT2D eigenvalue weighted by Gasteiger charge is 2.32. The van der Waals surface area contributed by atoms with Crippen molar-refractivity contribution in [3.63, 3.8) is 0 Å². The number of hydrogen-bond acceptors (Lipinski definition) is 4. The van der Waals surface area contributed by atoms with Gasteiger partial charge in [0.05, 0.1) is 0 Å². The molecule has 2 unspecified atom stereocenters. The summed E-state index contributed by atoms with van der Waals surface area (Å²) in [7, 11) is 0. The fraction of sp³-hybridized carbons (Fsp3) is 0.625. The first-order chi connectivity index (χ1) is 9.58. The smallest absolute Gasteiger partial charge is 0.333 e. The van der Waals surface area contributed by atoms with Crippen LogP contribution in [0, 0.1) is 0 Å². The topological polar surface area (TPSA) is 52.6 Å². The summed E-state index contributed by atoms with van der Waals surface area (Å²) < 4.78 is 11.0. The fourth-order valence-electron chi connectivity index (χ4n) is 2.56. The summed E-state index contributed by atoms with van der Waals surface area (Å²) >= 11 is 0. The maximum atomic E-state index is 12.0. The highest BCUT2D eigenvalue weighted by atomic mass is 16.6. The molecule has 1 aliphatic carbocycles. The molecule has 20 heavy (non-hydrogen) atoms. The molecule has 4 heteroatoms. The minimum atomic E-state index is -0.309. The number of carbonyl (C=O) groups is 2. The van der Waals surface area contributed by atoms with Gasteiger partial charge >= 0.3 is 11.9 Å². The van der Waals surface area contributed by atoms with E-state index in [1.807, 2.05) is 12.2 Å². The standard InChI is InChI=1S/C16H22O4/c1-11-7-3-4-8-12(2)16(18)20-14-10-6-5-9-13(14)19-15(11)17/h7-8,13-14H,3-6,9-10H2,1-2H3/b11-7+,12-8+. The Morgan fingerprint density at radius 1 is 0.850 bits per heavy atom. The van der Waals surface area contributed by atoms with E-state index in [0.29, 0.717) is 11.1 Å². The predicted molar refractivity (Wildman–Crippen MR) is 75.0 cm³/mol. The van der Waals surface area contributed by atoms with E-state index >= 15 is 0 Å². The molecule has 0 aromatic carbocycles. The van der Waals surface area contributed by atoms with Crippen LogP contribution in [0.1, 0.15) is 52.4 Å². The molecule has 1 fully saturated rings. The van der Waals surface area contributed by atoms with E-state index in [1.165, 1.54) is 0 Å². The van der Waals surface area contributed by atoms with Crippen LogP contribution in [-0.2, 0) is 19.1 Å². The van der Waals surface area contributed by atoms with Gasteiger partial charge in [0.15, 0.2) is 0 Å². The van der Waals surface area contributed by atoms with Crippen LogP contribution in [0.5, 0.6) is 0 Å². The summed E-state index contributed by atoms with van der Waals surface area (Å²) in [6, 6.07) is 0. The molecule has 2 atom stereocenters. The highest BCUT2D eigenvalue weighted by Crippen LogP contribution is 2.26. The molecular formula is C16H22O4.